The number of amides is 2. The number of nitrogens with two attached hydrogens (primary N) is 4. The van der Waals surface area contributed by atoms with Gasteiger partial charge >= 0.3 is 5.97 Å². The Kier molecular flexibility index (Phi) is 13.5. The molecule has 0 unspecified atom stereocenters. The number of carboxylic acid groups (broad SMARTS) is 1. The van der Waals surface area contributed by atoms with Crippen LogP contribution in [0.15, 0.2) is 53.5 Å². The molecule has 0 aliphatic rings. The number of hydrogen-bond acceptors (Lipinski definition) is 9. The van der Waals surface area contributed by atoms with Crippen molar-refractivity contribution in [2.24, 2.45) is 16.5 Å². The van der Waals surface area contributed by atoms with Gasteiger partial charge in [-0.15, -0.1) is 0 Å². The minimum Gasteiger partial charge on any atom is -0.480 e. The summed E-state index contributed by atoms with van der Waals surface area (Å²) in [5.74, 6) is -1.99. The average molecular weight is 638 g/mol. The maximum absolute atomic E-state index is 12.3. The van der Waals surface area contributed by atoms with Crippen molar-refractivity contribution in [1.82, 2.24) is 20.6 Å². The molecule has 240 valence electrons. The molecule has 0 saturated heterocycles. The highest BCUT2D eigenvalue weighted by molar-refractivity contribution is 6.31. The summed E-state index contributed by atoms with van der Waals surface area (Å²) in [4.78, 5) is 46.9. The number of nitrogens with one attached hydrogen (secondary N) is 2. The van der Waals surface area contributed by atoms with Crippen molar-refractivity contribution in [3.63, 3.8) is 0 Å². The smallest absolute Gasteiger partial charge is 0.320 e. The quantitative estimate of drug-likeness (QED) is 0.0688. The number of aliphatic carboxylic acids is 1. The van der Waals surface area contributed by atoms with Crippen LogP contribution in [0.3, 0.4) is 0 Å². The number of benzene rings is 2. The Bertz CT molecular complexity index is 1480. The maximum atomic E-state index is 12.3. The van der Waals surface area contributed by atoms with Gasteiger partial charge in [0, 0.05) is 19.5 Å². The molecule has 13 nitrogen and oxygen atoms in total. The van der Waals surface area contributed by atoms with E-state index >= 15 is 0 Å². The highest BCUT2D eigenvalue weighted by Gasteiger charge is 2.16. The van der Waals surface area contributed by atoms with E-state index in [1.54, 1.807) is 0 Å². The van der Waals surface area contributed by atoms with Gasteiger partial charge in [0.1, 0.15) is 6.04 Å². The molecule has 0 aliphatic heterocycles. The molecule has 3 rings (SSSR count). The van der Waals surface area contributed by atoms with Crippen molar-refractivity contribution in [3.8, 4) is 11.1 Å². The number of guanidine groups is 1. The van der Waals surface area contributed by atoms with Gasteiger partial charge in [0.15, 0.2) is 28.4 Å². The highest BCUT2D eigenvalue weighted by Crippen LogP contribution is 2.22. The molecule has 0 spiro atoms. The Hall–Kier alpha value is -4.75. The molecular formula is C31H40ClN9O4. The number of hydrogen-bond donors (Lipinski definition) is 7. The zero-order valence-corrected chi connectivity index (χ0v) is 25.7. The van der Waals surface area contributed by atoms with Crippen LogP contribution in [-0.2, 0) is 22.4 Å². The summed E-state index contributed by atoms with van der Waals surface area (Å²) < 4.78 is 0. The molecule has 1 aromatic heterocycles. The summed E-state index contributed by atoms with van der Waals surface area (Å²) in [5.41, 5.74) is 26.8. The van der Waals surface area contributed by atoms with Gasteiger partial charge in [-0.3, -0.25) is 24.7 Å². The summed E-state index contributed by atoms with van der Waals surface area (Å²) in [6, 6.07) is 15.7. The van der Waals surface area contributed by atoms with Gasteiger partial charge in [-0.05, 0) is 67.2 Å². The van der Waals surface area contributed by atoms with E-state index in [0.29, 0.717) is 45.2 Å². The number of anilines is 2. The number of rotatable bonds is 16. The van der Waals surface area contributed by atoms with Crippen molar-refractivity contribution in [3.05, 3.63) is 70.5 Å². The molecule has 2 amide bonds. The fourth-order valence-corrected chi connectivity index (χ4v) is 4.51. The molecule has 0 radical (unpaired) electrons. The van der Waals surface area contributed by atoms with E-state index in [1.165, 1.54) is 5.56 Å². The van der Waals surface area contributed by atoms with Crippen LogP contribution in [0, 0.1) is 0 Å². The molecule has 0 saturated carbocycles. The standard InChI is InChI=1S/C31H40ClN9O4/c32-26-28(35)40-27(34)25(39-26)29(43)41-31(36)38-18-3-1-5-19-7-12-21(13-8-19)22-14-9-20(10-15-22)11-16-24(42)37-17-4-2-6-23(33)30(44)45/h7-10,12-15,23H,1-6,11,16-18,33H2,(H,37,42)(H,44,45)(H4,34,35,40)(H3,36,38,41,43)/t23-/m1/s1. The minimum absolute atomic E-state index is 0.0275. The van der Waals surface area contributed by atoms with Crippen molar-refractivity contribution < 1.29 is 19.5 Å². The number of unbranched alkanes of at least 4 members (excludes halogenated alkanes) is 2. The van der Waals surface area contributed by atoms with Crippen LogP contribution in [0.2, 0.25) is 5.15 Å². The van der Waals surface area contributed by atoms with Crippen molar-refractivity contribution in [2.45, 2.75) is 57.4 Å². The lowest BCUT2D eigenvalue weighted by Crippen LogP contribution is -2.38. The predicted octanol–water partition coefficient (Wildman–Crippen LogP) is 2.66. The van der Waals surface area contributed by atoms with E-state index in [1.807, 2.05) is 12.1 Å². The Morgan fingerprint density at radius 3 is 2.11 bits per heavy atom. The molecule has 3 aromatic rings. The number of nitrogens with zero attached hydrogens (tertiary/aromatic N) is 3. The lowest BCUT2D eigenvalue weighted by molar-refractivity contribution is -0.138. The van der Waals surface area contributed by atoms with E-state index in [-0.39, 0.29) is 34.3 Å². The van der Waals surface area contributed by atoms with Crippen LogP contribution >= 0.6 is 11.6 Å². The van der Waals surface area contributed by atoms with Crippen molar-refractivity contribution >= 4 is 47.0 Å². The topological polar surface area (TPSA) is 238 Å². The zero-order valence-electron chi connectivity index (χ0n) is 25.0. The summed E-state index contributed by atoms with van der Waals surface area (Å²) in [6.45, 7) is 0.947. The van der Waals surface area contributed by atoms with E-state index in [0.717, 1.165) is 36.0 Å². The second-order valence-electron chi connectivity index (χ2n) is 10.5. The van der Waals surface area contributed by atoms with Gasteiger partial charge in [0.25, 0.3) is 5.91 Å². The lowest BCUT2D eigenvalue weighted by atomic mass is 9.99. The SMILES string of the molecule is NC(=NCCCCc1ccc(-c2ccc(CCC(=O)NCCCC[C@@H](N)C(=O)O)cc2)cc1)NC(=O)c1nc(Cl)c(N)nc1N. The van der Waals surface area contributed by atoms with Crippen LogP contribution < -0.4 is 33.6 Å². The number of aromatic nitrogens is 2. The first kappa shape index (κ1) is 34.7. The monoisotopic (exact) mass is 637 g/mol. The number of carbonyl (C=O) groups is 3. The third-order valence-corrected chi connectivity index (χ3v) is 7.26. The first-order valence-electron chi connectivity index (χ1n) is 14.7. The summed E-state index contributed by atoms with van der Waals surface area (Å²) >= 11 is 5.81. The molecule has 1 atom stereocenters. The van der Waals surface area contributed by atoms with Crippen LogP contribution in [0.4, 0.5) is 11.6 Å². The molecule has 0 aliphatic carbocycles. The fourth-order valence-electron chi connectivity index (χ4n) is 4.38. The molecule has 1 heterocycles. The Balaban J connectivity index is 1.34. The number of nitrogen functional groups attached to an aromatic ring is 2. The number of carbonyl (C=O) groups excluding carboxylic acids is 2. The molecular weight excluding hydrogens is 598 g/mol. The van der Waals surface area contributed by atoms with E-state index in [2.05, 4.69) is 62.0 Å². The maximum Gasteiger partial charge on any atom is 0.320 e. The largest absolute Gasteiger partial charge is 0.480 e. The number of aliphatic imine (C=N–C) groups is 1. The van der Waals surface area contributed by atoms with Crippen LogP contribution in [0.25, 0.3) is 11.1 Å². The third-order valence-electron chi connectivity index (χ3n) is 6.98. The first-order valence-corrected chi connectivity index (χ1v) is 15.0. The molecule has 0 bridgehead atoms. The minimum atomic E-state index is -1.00. The van der Waals surface area contributed by atoms with Gasteiger partial charge in [0.05, 0.1) is 0 Å². The van der Waals surface area contributed by atoms with Crippen LogP contribution in [-0.4, -0.2) is 57.9 Å². The molecule has 0 fully saturated rings. The number of aryl methyl sites for hydroxylation is 2. The molecule has 45 heavy (non-hydrogen) atoms. The van der Waals surface area contributed by atoms with E-state index < -0.39 is 17.9 Å². The van der Waals surface area contributed by atoms with Gasteiger partial charge in [-0.2, -0.15) is 0 Å². The van der Waals surface area contributed by atoms with E-state index in [4.69, 9.17) is 39.6 Å². The molecule has 2 aromatic carbocycles. The second kappa shape index (κ2) is 17.5. The average Bonchev–Trinajstić information content (AvgIpc) is 3.01. The predicted molar refractivity (Wildman–Crippen MR) is 175 cm³/mol. The van der Waals surface area contributed by atoms with Gasteiger partial charge in [0.2, 0.25) is 5.91 Å². The first-order chi connectivity index (χ1) is 21.5. The van der Waals surface area contributed by atoms with Gasteiger partial charge in [-0.25, -0.2) is 9.97 Å². The number of carboxylic acids is 1. The number of halogens is 1. The van der Waals surface area contributed by atoms with Crippen molar-refractivity contribution in [1.29, 1.82) is 0 Å². The summed E-state index contributed by atoms with van der Waals surface area (Å²) in [6.07, 6.45) is 5.30. The normalized spacial score (nSPS) is 12.0. The Labute approximate surface area is 266 Å². The van der Waals surface area contributed by atoms with Gasteiger partial charge < -0.3 is 33.4 Å². The highest BCUT2D eigenvalue weighted by atomic mass is 35.5. The fraction of sp³-hybridized carbons (Fsp3) is 0.355. The summed E-state index contributed by atoms with van der Waals surface area (Å²) in [7, 11) is 0. The van der Waals surface area contributed by atoms with Gasteiger partial charge in [-0.1, -0.05) is 60.1 Å². The lowest BCUT2D eigenvalue weighted by Gasteiger charge is -2.08. The van der Waals surface area contributed by atoms with Crippen molar-refractivity contribution in [2.75, 3.05) is 24.6 Å². The Morgan fingerprint density at radius 2 is 1.49 bits per heavy atom. The third kappa shape index (κ3) is 11.7. The Morgan fingerprint density at radius 1 is 0.867 bits per heavy atom. The van der Waals surface area contributed by atoms with Crippen LogP contribution in [0.1, 0.15) is 60.1 Å². The zero-order chi connectivity index (χ0) is 32.8. The molecule has 14 heteroatoms. The second-order valence-corrected chi connectivity index (χ2v) is 10.9. The van der Waals surface area contributed by atoms with Crippen LogP contribution in [0.5, 0.6) is 0 Å². The summed E-state index contributed by atoms with van der Waals surface area (Å²) in [5, 5.41) is 14.0. The van der Waals surface area contributed by atoms with E-state index in [9.17, 15) is 14.4 Å². The molecule has 11 N–H and O–H groups in total.